The number of aromatic nitrogens is 1. The number of thioether (sulfide) groups is 1. The Kier molecular flexibility index (Phi) is 5.20. The summed E-state index contributed by atoms with van der Waals surface area (Å²) < 4.78 is 0. The molecule has 0 unspecified atom stereocenters. The van der Waals surface area contributed by atoms with Crippen LogP contribution in [-0.2, 0) is 5.75 Å². The summed E-state index contributed by atoms with van der Waals surface area (Å²) in [6.07, 6.45) is 1.18. The zero-order valence-electron chi connectivity index (χ0n) is 11.5. The van der Waals surface area contributed by atoms with Gasteiger partial charge in [0.1, 0.15) is 9.88 Å². The highest BCUT2D eigenvalue weighted by molar-refractivity contribution is 7.98. The van der Waals surface area contributed by atoms with Crippen LogP contribution in [0.25, 0.3) is 10.6 Å². The third kappa shape index (κ3) is 3.61. The molecule has 0 spiro atoms. The van der Waals surface area contributed by atoms with Gasteiger partial charge in [0, 0.05) is 11.3 Å². The maximum Gasteiger partial charge on any atom is 0.347 e. The summed E-state index contributed by atoms with van der Waals surface area (Å²) in [5.74, 6) is 1.24. The molecule has 2 aromatic rings. The van der Waals surface area contributed by atoms with Gasteiger partial charge in [-0.25, -0.2) is 9.78 Å². The number of benzene rings is 1. The molecular formula is C15H17NO2S2. The second-order valence-electron chi connectivity index (χ2n) is 4.49. The fourth-order valence-electron chi connectivity index (χ4n) is 1.85. The first-order chi connectivity index (χ1) is 9.61. The lowest BCUT2D eigenvalue weighted by molar-refractivity contribution is 0.0701. The number of nitrogens with zero attached hydrogens (tertiary/aromatic N) is 1. The number of aromatic carboxylic acids is 1. The minimum Gasteiger partial charge on any atom is -0.477 e. The van der Waals surface area contributed by atoms with E-state index >= 15 is 0 Å². The lowest BCUT2D eigenvalue weighted by Crippen LogP contribution is -1.94. The van der Waals surface area contributed by atoms with Crippen LogP contribution in [0.15, 0.2) is 24.3 Å². The summed E-state index contributed by atoms with van der Waals surface area (Å²) in [5.41, 5.74) is 2.84. The molecular weight excluding hydrogens is 290 g/mol. The van der Waals surface area contributed by atoms with Crippen LogP contribution in [0.1, 0.15) is 34.3 Å². The first-order valence-electron chi connectivity index (χ1n) is 6.49. The molecule has 0 fully saturated rings. The van der Waals surface area contributed by atoms with Gasteiger partial charge < -0.3 is 5.11 Å². The van der Waals surface area contributed by atoms with E-state index in [9.17, 15) is 4.79 Å². The van der Waals surface area contributed by atoms with E-state index in [2.05, 4.69) is 24.0 Å². The molecule has 106 valence electrons. The molecule has 2 rings (SSSR count). The molecule has 0 aliphatic rings. The van der Waals surface area contributed by atoms with E-state index in [-0.39, 0.29) is 0 Å². The van der Waals surface area contributed by atoms with Gasteiger partial charge in [0.2, 0.25) is 0 Å². The van der Waals surface area contributed by atoms with Crippen LogP contribution in [0.5, 0.6) is 0 Å². The first kappa shape index (κ1) is 15.1. The number of aryl methyl sites for hydroxylation is 1. The van der Waals surface area contributed by atoms with Gasteiger partial charge in [0.15, 0.2) is 0 Å². The van der Waals surface area contributed by atoms with E-state index in [1.54, 1.807) is 6.92 Å². The van der Waals surface area contributed by atoms with Crippen molar-refractivity contribution in [2.24, 2.45) is 0 Å². The Bertz CT molecular complexity index is 608. The molecule has 1 heterocycles. The molecule has 0 saturated heterocycles. The van der Waals surface area contributed by atoms with Crippen molar-refractivity contribution in [1.29, 1.82) is 0 Å². The van der Waals surface area contributed by atoms with Crippen LogP contribution in [0.2, 0.25) is 0 Å². The van der Waals surface area contributed by atoms with Gasteiger partial charge in [-0.1, -0.05) is 25.1 Å². The second kappa shape index (κ2) is 6.90. The van der Waals surface area contributed by atoms with Crippen LogP contribution >= 0.6 is 23.1 Å². The van der Waals surface area contributed by atoms with Crippen molar-refractivity contribution in [2.75, 3.05) is 5.75 Å². The maximum atomic E-state index is 11.1. The maximum absolute atomic E-state index is 11.1. The quantitative estimate of drug-likeness (QED) is 0.800. The van der Waals surface area contributed by atoms with E-state index in [0.717, 1.165) is 22.1 Å². The highest BCUT2D eigenvalue weighted by atomic mass is 32.2. The molecule has 0 amide bonds. The number of hydrogen-bond acceptors (Lipinski definition) is 4. The first-order valence-corrected chi connectivity index (χ1v) is 8.46. The average Bonchev–Trinajstić information content (AvgIpc) is 2.82. The molecule has 0 bridgehead atoms. The molecule has 5 heteroatoms. The fourth-order valence-corrected chi connectivity index (χ4v) is 3.60. The van der Waals surface area contributed by atoms with Crippen molar-refractivity contribution in [2.45, 2.75) is 26.0 Å². The number of carbonyl (C=O) groups is 1. The Labute approximate surface area is 127 Å². The van der Waals surface area contributed by atoms with Gasteiger partial charge in [0.05, 0.1) is 5.69 Å². The summed E-state index contributed by atoms with van der Waals surface area (Å²) >= 11 is 3.15. The van der Waals surface area contributed by atoms with Gasteiger partial charge in [-0.05, 0) is 30.7 Å². The van der Waals surface area contributed by atoms with Gasteiger partial charge in [-0.15, -0.1) is 11.3 Å². The normalized spacial score (nSPS) is 10.7. The topological polar surface area (TPSA) is 50.2 Å². The van der Waals surface area contributed by atoms with E-state index in [1.165, 1.54) is 23.3 Å². The lowest BCUT2D eigenvalue weighted by atomic mass is 10.1. The molecule has 1 aromatic carbocycles. The third-order valence-electron chi connectivity index (χ3n) is 2.78. The Hall–Kier alpha value is -1.33. The summed E-state index contributed by atoms with van der Waals surface area (Å²) in [7, 11) is 0. The summed E-state index contributed by atoms with van der Waals surface area (Å²) in [4.78, 5) is 15.8. The Morgan fingerprint density at radius 1 is 1.45 bits per heavy atom. The van der Waals surface area contributed by atoms with Crippen molar-refractivity contribution in [3.05, 3.63) is 40.4 Å². The van der Waals surface area contributed by atoms with Crippen LogP contribution < -0.4 is 0 Å². The summed E-state index contributed by atoms with van der Waals surface area (Å²) in [6, 6.07) is 8.20. The molecule has 0 atom stereocenters. The van der Waals surface area contributed by atoms with Crippen molar-refractivity contribution in [3.8, 4) is 10.6 Å². The van der Waals surface area contributed by atoms with Crippen LogP contribution in [0.4, 0.5) is 0 Å². The largest absolute Gasteiger partial charge is 0.477 e. The number of hydrogen-bond donors (Lipinski definition) is 1. The molecule has 20 heavy (non-hydrogen) atoms. The Morgan fingerprint density at radius 2 is 2.25 bits per heavy atom. The van der Waals surface area contributed by atoms with Gasteiger partial charge >= 0.3 is 5.97 Å². The van der Waals surface area contributed by atoms with Gasteiger partial charge in [-0.2, -0.15) is 11.8 Å². The van der Waals surface area contributed by atoms with E-state index < -0.39 is 5.97 Å². The lowest BCUT2D eigenvalue weighted by Gasteiger charge is -2.03. The third-order valence-corrected chi connectivity index (χ3v) is 5.21. The molecule has 0 saturated carbocycles. The SMILES string of the molecule is CCCSCc1cccc(-c2nc(C)c(C(=O)O)s2)c1. The minimum absolute atomic E-state index is 0.325. The predicted molar refractivity (Wildman–Crippen MR) is 85.7 cm³/mol. The zero-order valence-corrected chi connectivity index (χ0v) is 13.2. The molecule has 0 aliphatic heterocycles. The van der Waals surface area contributed by atoms with Crippen molar-refractivity contribution in [1.82, 2.24) is 4.98 Å². The molecule has 0 aliphatic carbocycles. The van der Waals surface area contributed by atoms with Crippen LogP contribution in [-0.4, -0.2) is 21.8 Å². The zero-order chi connectivity index (χ0) is 14.5. The Balaban J connectivity index is 2.22. The van der Waals surface area contributed by atoms with Crippen molar-refractivity contribution < 1.29 is 9.90 Å². The van der Waals surface area contributed by atoms with Gasteiger partial charge in [0.25, 0.3) is 0 Å². The van der Waals surface area contributed by atoms with Crippen molar-refractivity contribution >= 4 is 29.1 Å². The smallest absolute Gasteiger partial charge is 0.347 e. The number of rotatable bonds is 6. The average molecular weight is 307 g/mol. The summed E-state index contributed by atoms with van der Waals surface area (Å²) in [5, 5.41) is 9.87. The number of carboxylic acids is 1. The molecule has 0 radical (unpaired) electrons. The van der Waals surface area contributed by atoms with Crippen LogP contribution in [0, 0.1) is 6.92 Å². The van der Waals surface area contributed by atoms with Crippen molar-refractivity contribution in [3.63, 3.8) is 0 Å². The molecule has 3 nitrogen and oxygen atoms in total. The fraction of sp³-hybridized carbons (Fsp3) is 0.333. The Morgan fingerprint density at radius 3 is 2.90 bits per heavy atom. The van der Waals surface area contributed by atoms with Gasteiger partial charge in [-0.3, -0.25) is 0 Å². The summed E-state index contributed by atoms with van der Waals surface area (Å²) in [6.45, 7) is 3.92. The highest BCUT2D eigenvalue weighted by Crippen LogP contribution is 2.29. The van der Waals surface area contributed by atoms with E-state index in [1.807, 2.05) is 23.9 Å². The minimum atomic E-state index is -0.902. The van der Waals surface area contributed by atoms with Crippen LogP contribution in [0.3, 0.4) is 0 Å². The number of carboxylic acid groups (broad SMARTS) is 1. The standard InChI is InChI=1S/C15H17NO2S2/c1-3-7-19-9-11-5-4-6-12(8-11)14-16-10(2)13(20-14)15(17)18/h4-6,8H,3,7,9H2,1-2H3,(H,17,18). The van der Waals surface area contributed by atoms with E-state index in [4.69, 9.17) is 5.11 Å². The molecule has 1 N–H and O–H groups in total. The molecule has 1 aromatic heterocycles. The second-order valence-corrected chi connectivity index (χ2v) is 6.60. The number of thiazole rings is 1. The van der Waals surface area contributed by atoms with E-state index in [0.29, 0.717) is 10.6 Å². The highest BCUT2D eigenvalue weighted by Gasteiger charge is 2.15. The monoisotopic (exact) mass is 307 g/mol. The predicted octanol–water partition coefficient (Wildman–Crippen LogP) is 4.46.